The van der Waals surface area contributed by atoms with Crippen molar-refractivity contribution in [1.82, 2.24) is 4.90 Å². The van der Waals surface area contributed by atoms with E-state index in [0.717, 1.165) is 25.2 Å². The van der Waals surface area contributed by atoms with Crippen molar-refractivity contribution in [1.29, 1.82) is 0 Å². The number of carbonyl (C=O) groups excluding carboxylic acids is 1. The van der Waals surface area contributed by atoms with Gasteiger partial charge in [-0.2, -0.15) is 0 Å². The van der Waals surface area contributed by atoms with Crippen molar-refractivity contribution in [3.63, 3.8) is 0 Å². The third kappa shape index (κ3) is 3.41. The lowest BCUT2D eigenvalue weighted by Gasteiger charge is -2.24. The SMILES string of the molecule is CCOC(=O)c1cc(N)cc(Cl)c1N1CCC(N(C)C)C1. The highest BCUT2D eigenvalue weighted by atomic mass is 35.5. The fourth-order valence-corrected chi connectivity index (χ4v) is 3.02. The summed E-state index contributed by atoms with van der Waals surface area (Å²) in [4.78, 5) is 16.5. The summed E-state index contributed by atoms with van der Waals surface area (Å²) in [6.45, 7) is 3.80. The van der Waals surface area contributed by atoms with E-state index in [0.29, 0.717) is 28.9 Å². The molecule has 1 fully saturated rings. The van der Waals surface area contributed by atoms with E-state index in [-0.39, 0.29) is 5.97 Å². The van der Waals surface area contributed by atoms with Crippen molar-refractivity contribution in [2.75, 3.05) is 44.4 Å². The van der Waals surface area contributed by atoms with Crippen molar-refractivity contribution in [3.8, 4) is 0 Å². The van der Waals surface area contributed by atoms with Gasteiger partial charge in [-0.3, -0.25) is 0 Å². The van der Waals surface area contributed by atoms with Crippen LogP contribution in [0.15, 0.2) is 12.1 Å². The highest BCUT2D eigenvalue weighted by Gasteiger charge is 2.29. The molecule has 5 nitrogen and oxygen atoms in total. The molecule has 0 bridgehead atoms. The third-order valence-electron chi connectivity index (χ3n) is 3.79. The second-order valence-corrected chi connectivity index (χ2v) is 5.88. The van der Waals surface area contributed by atoms with Crippen LogP contribution in [0.3, 0.4) is 0 Å². The topological polar surface area (TPSA) is 58.8 Å². The van der Waals surface area contributed by atoms with Gasteiger partial charge in [-0.25, -0.2) is 4.79 Å². The van der Waals surface area contributed by atoms with Crippen LogP contribution in [-0.4, -0.2) is 50.7 Å². The number of hydrogen-bond acceptors (Lipinski definition) is 5. The van der Waals surface area contributed by atoms with Crippen molar-refractivity contribution in [2.24, 2.45) is 0 Å². The largest absolute Gasteiger partial charge is 0.462 e. The summed E-state index contributed by atoms with van der Waals surface area (Å²) in [6.07, 6.45) is 1.04. The van der Waals surface area contributed by atoms with Crippen LogP contribution in [0.5, 0.6) is 0 Å². The van der Waals surface area contributed by atoms with Crippen LogP contribution in [0.25, 0.3) is 0 Å². The molecule has 0 aliphatic carbocycles. The Bertz CT molecular complexity index is 534. The van der Waals surface area contributed by atoms with E-state index in [1.807, 2.05) is 0 Å². The summed E-state index contributed by atoms with van der Waals surface area (Å²) < 4.78 is 5.12. The van der Waals surface area contributed by atoms with E-state index >= 15 is 0 Å². The van der Waals surface area contributed by atoms with Crippen molar-refractivity contribution >= 4 is 28.9 Å². The fourth-order valence-electron chi connectivity index (χ4n) is 2.67. The van der Waals surface area contributed by atoms with Crippen molar-refractivity contribution < 1.29 is 9.53 Å². The molecular formula is C15H22ClN3O2. The van der Waals surface area contributed by atoms with Gasteiger partial charge in [0.15, 0.2) is 0 Å². The molecule has 0 spiro atoms. The standard InChI is InChI=1S/C15H22ClN3O2/c1-4-21-15(20)12-7-10(17)8-13(16)14(12)19-6-5-11(9-19)18(2)3/h7-8,11H,4-6,9,17H2,1-3H3. The molecule has 1 aliphatic rings. The maximum absolute atomic E-state index is 12.2. The molecule has 1 aromatic rings. The number of nitrogens with two attached hydrogens (primary N) is 1. The first kappa shape index (κ1) is 15.9. The van der Waals surface area contributed by atoms with Crippen LogP contribution >= 0.6 is 11.6 Å². The van der Waals surface area contributed by atoms with Crippen LogP contribution < -0.4 is 10.6 Å². The molecule has 0 amide bonds. The smallest absolute Gasteiger partial charge is 0.340 e. The van der Waals surface area contributed by atoms with E-state index < -0.39 is 0 Å². The van der Waals surface area contributed by atoms with Crippen LogP contribution in [0, 0.1) is 0 Å². The zero-order chi connectivity index (χ0) is 15.6. The molecule has 1 heterocycles. The molecular weight excluding hydrogens is 290 g/mol. The maximum atomic E-state index is 12.2. The molecule has 0 saturated carbocycles. The Hall–Kier alpha value is -1.46. The van der Waals surface area contributed by atoms with Gasteiger partial charge in [0.2, 0.25) is 0 Å². The monoisotopic (exact) mass is 311 g/mol. The van der Waals surface area contributed by atoms with Gasteiger partial charge in [-0.15, -0.1) is 0 Å². The van der Waals surface area contributed by atoms with Crippen molar-refractivity contribution in [2.45, 2.75) is 19.4 Å². The maximum Gasteiger partial charge on any atom is 0.340 e. The second-order valence-electron chi connectivity index (χ2n) is 5.47. The average Bonchev–Trinajstić information content (AvgIpc) is 2.87. The van der Waals surface area contributed by atoms with Crippen LogP contribution in [0.1, 0.15) is 23.7 Å². The number of halogens is 1. The number of esters is 1. The Morgan fingerprint density at radius 2 is 2.24 bits per heavy atom. The quantitative estimate of drug-likeness (QED) is 0.682. The first-order valence-corrected chi connectivity index (χ1v) is 7.49. The lowest BCUT2D eigenvalue weighted by Crippen LogP contribution is -2.32. The molecule has 2 N–H and O–H groups in total. The Morgan fingerprint density at radius 1 is 1.52 bits per heavy atom. The van der Waals surface area contributed by atoms with E-state index in [1.54, 1.807) is 19.1 Å². The van der Waals surface area contributed by atoms with Gasteiger partial charge in [-0.05, 0) is 39.6 Å². The Kier molecular flexibility index (Phi) is 4.96. The number of rotatable bonds is 4. The number of nitrogen functional groups attached to an aromatic ring is 1. The predicted octanol–water partition coefficient (Wildman–Crippen LogP) is 2.24. The summed E-state index contributed by atoms with van der Waals surface area (Å²) in [5.41, 5.74) is 7.46. The summed E-state index contributed by atoms with van der Waals surface area (Å²) >= 11 is 6.34. The molecule has 1 atom stereocenters. The van der Waals surface area contributed by atoms with E-state index in [1.165, 1.54) is 0 Å². The molecule has 116 valence electrons. The molecule has 1 aliphatic heterocycles. The Morgan fingerprint density at radius 3 is 2.81 bits per heavy atom. The fraction of sp³-hybridized carbons (Fsp3) is 0.533. The zero-order valence-electron chi connectivity index (χ0n) is 12.7. The summed E-state index contributed by atoms with van der Waals surface area (Å²) in [6, 6.07) is 3.78. The minimum atomic E-state index is -0.380. The number of hydrogen-bond donors (Lipinski definition) is 1. The molecule has 0 radical (unpaired) electrons. The summed E-state index contributed by atoms with van der Waals surface area (Å²) in [5.74, 6) is -0.380. The predicted molar refractivity (Wildman–Crippen MR) is 86.1 cm³/mol. The number of ether oxygens (including phenoxy) is 1. The van der Waals surface area contributed by atoms with Crippen LogP contribution in [0.4, 0.5) is 11.4 Å². The highest BCUT2D eigenvalue weighted by molar-refractivity contribution is 6.34. The Labute approximate surface area is 130 Å². The minimum absolute atomic E-state index is 0.324. The normalized spacial score (nSPS) is 18.3. The minimum Gasteiger partial charge on any atom is -0.462 e. The molecule has 2 rings (SSSR count). The number of carbonyl (C=O) groups is 1. The molecule has 1 unspecified atom stereocenters. The first-order valence-electron chi connectivity index (χ1n) is 7.11. The second kappa shape index (κ2) is 6.54. The van der Waals surface area contributed by atoms with Gasteiger partial charge in [0.05, 0.1) is 22.9 Å². The number of nitrogens with zero attached hydrogens (tertiary/aromatic N) is 2. The lowest BCUT2D eigenvalue weighted by atomic mass is 10.1. The number of anilines is 2. The van der Waals surface area contributed by atoms with Crippen LogP contribution in [0.2, 0.25) is 5.02 Å². The average molecular weight is 312 g/mol. The summed E-state index contributed by atoms with van der Waals surface area (Å²) in [5, 5.41) is 0.498. The van der Waals surface area contributed by atoms with Gasteiger partial charge in [0, 0.05) is 24.8 Å². The van der Waals surface area contributed by atoms with Gasteiger partial charge >= 0.3 is 5.97 Å². The number of benzene rings is 1. The third-order valence-corrected chi connectivity index (χ3v) is 4.08. The molecule has 0 aromatic heterocycles. The van der Waals surface area contributed by atoms with E-state index in [9.17, 15) is 4.79 Å². The lowest BCUT2D eigenvalue weighted by molar-refractivity contribution is 0.0527. The molecule has 6 heteroatoms. The molecule has 21 heavy (non-hydrogen) atoms. The van der Waals surface area contributed by atoms with Gasteiger partial charge in [-0.1, -0.05) is 11.6 Å². The van der Waals surface area contributed by atoms with Crippen LogP contribution in [-0.2, 0) is 4.74 Å². The highest BCUT2D eigenvalue weighted by Crippen LogP contribution is 2.35. The van der Waals surface area contributed by atoms with E-state index in [2.05, 4.69) is 23.9 Å². The van der Waals surface area contributed by atoms with E-state index in [4.69, 9.17) is 22.1 Å². The summed E-state index contributed by atoms with van der Waals surface area (Å²) in [7, 11) is 4.12. The van der Waals surface area contributed by atoms with Crippen molar-refractivity contribution in [3.05, 3.63) is 22.7 Å². The molecule has 1 saturated heterocycles. The Balaban J connectivity index is 2.36. The first-order chi connectivity index (χ1) is 9.93. The van der Waals surface area contributed by atoms with Gasteiger partial charge in [0.25, 0.3) is 0 Å². The zero-order valence-corrected chi connectivity index (χ0v) is 13.5. The number of likely N-dealkylation sites (N-methyl/N-ethyl adjacent to an activating group) is 1. The van der Waals surface area contributed by atoms with Gasteiger partial charge < -0.3 is 20.3 Å². The molecule has 1 aromatic carbocycles. The van der Waals surface area contributed by atoms with Gasteiger partial charge in [0.1, 0.15) is 0 Å².